The summed E-state index contributed by atoms with van der Waals surface area (Å²) < 4.78 is 11.2. The molecule has 2 nitrogen and oxygen atoms in total. The molecule has 1 aromatic carbocycles. The Balaban J connectivity index is 1.43. The molecule has 1 aromatic rings. The van der Waals surface area contributed by atoms with Crippen molar-refractivity contribution in [2.45, 2.75) is 103 Å². The first kappa shape index (κ1) is 23.0. The van der Waals surface area contributed by atoms with E-state index in [1.807, 2.05) is 6.07 Å². The summed E-state index contributed by atoms with van der Waals surface area (Å²) in [7, 11) is 0. The normalized spacial score (nSPS) is 18.6. The topological polar surface area (TPSA) is 21.8 Å². The van der Waals surface area contributed by atoms with Crippen LogP contribution in [0.3, 0.4) is 0 Å². The monoisotopic (exact) mass is 386 g/mol. The standard InChI is InChI=1S/C26H42O2/c1-3-4-5-6-7-8-9-10-11-12-13-14-15-16-18-24-19-17-20-25(21-24)27-22-26(2)23-28-26/h14-15,17,19-21H,3-13,16,18,22-23H2,1-2H3/b15-14+. The van der Waals surface area contributed by atoms with Crippen LogP contribution in [0.25, 0.3) is 0 Å². The van der Waals surface area contributed by atoms with E-state index >= 15 is 0 Å². The van der Waals surface area contributed by atoms with Crippen LogP contribution in [0.2, 0.25) is 0 Å². The van der Waals surface area contributed by atoms with E-state index in [4.69, 9.17) is 9.47 Å². The van der Waals surface area contributed by atoms with Gasteiger partial charge >= 0.3 is 0 Å². The van der Waals surface area contributed by atoms with Gasteiger partial charge in [-0.05, 0) is 50.3 Å². The fraction of sp³-hybridized carbons (Fsp3) is 0.692. The zero-order valence-corrected chi connectivity index (χ0v) is 18.4. The number of benzene rings is 1. The average Bonchev–Trinajstić information content (AvgIpc) is 3.45. The van der Waals surface area contributed by atoms with E-state index in [0.29, 0.717) is 6.61 Å². The molecular formula is C26H42O2. The Morgan fingerprint density at radius 3 is 2.25 bits per heavy atom. The first-order chi connectivity index (χ1) is 13.7. The number of ether oxygens (including phenoxy) is 2. The largest absolute Gasteiger partial charge is 0.490 e. The van der Waals surface area contributed by atoms with Crippen LogP contribution in [0.4, 0.5) is 0 Å². The van der Waals surface area contributed by atoms with E-state index < -0.39 is 0 Å². The number of rotatable bonds is 17. The Labute approximate surface area is 173 Å². The molecule has 0 bridgehead atoms. The smallest absolute Gasteiger partial charge is 0.123 e. The van der Waals surface area contributed by atoms with Gasteiger partial charge in [0, 0.05) is 0 Å². The van der Waals surface area contributed by atoms with Crippen LogP contribution in [0.1, 0.15) is 96.5 Å². The van der Waals surface area contributed by atoms with Crippen molar-refractivity contribution in [1.29, 1.82) is 0 Å². The van der Waals surface area contributed by atoms with Gasteiger partial charge in [0.25, 0.3) is 0 Å². The van der Waals surface area contributed by atoms with Crippen molar-refractivity contribution in [2.24, 2.45) is 0 Å². The molecule has 2 heteroatoms. The highest BCUT2D eigenvalue weighted by atomic mass is 16.6. The highest BCUT2D eigenvalue weighted by Gasteiger charge is 2.40. The highest BCUT2D eigenvalue weighted by molar-refractivity contribution is 5.29. The summed E-state index contributed by atoms with van der Waals surface area (Å²) in [5, 5.41) is 0. The van der Waals surface area contributed by atoms with Crippen molar-refractivity contribution < 1.29 is 9.47 Å². The predicted molar refractivity (Wildman–Crippen MR) is 120 cm³/mol. The summed E-state index contributed by atoms with van der Waals surface area (Å²) in [6.45, 7) is 5.84. The van der Waals surface area contributed by atoms with Gasteiger partial charge in [-0.25, -0.2) is 0 Å². The van der Waals surface area contributed by atoms with Crippen LogP contribution in [-0.4, -0.2) is 18.8 Å². The zero-order chi connectivity index (χ0) is 19.9. The van der Waals surface area contributed by atoms with Crippen LogP contribution in [-0.2, 0) is 11.2 Å². The SMILES string of the molecule is CCCCCCCCCCCC/C=C/CCc1cccc(OCC2(C)CO2)c1. The van der Waals surface area contributed by atoms with Crippen molar-refractivity contribution in [3.8, 4) is 5.75 Å². The van der Waals surface area contributed by atoms with Gasteiger partial charge in [0.15, 0.2) is 0 Å². The van der Waals surface area contributed by atoms with Gasteiger partial charge in [0.2, 0.25) is 0 Å². The molecule has 1 atom stereocenters. The fourth-order valence-corrected chi connectivity index (χ4v) is 3.47. The summed E-state index contributed by atoms with van der Waals surface area (Å²) in [6.07, 6.45) is 22.3. The zero-order valence-electron chi connectivity index (χ0n) is 18.4. The summed E-state index contributed by atoms with van der Waals surface area (Å²) in [6, 6.07) is 8.49. The van der Waals surface area contributed by atoms with Crippen molar-refractivity contribution >= 4 is 0 Å². The molecule has 0 amide bonds. The molecule has 158 valence electrons. The Morgan fingerprint density at radius 2 is 1.57 bits per heavy atom. The number of epoxide rings is 1. The minimum absolute atomic E-state index is 0.0482. The van der Waals surface area contributed by atoms with Gasteiger partial charge in [-0.2, -0.15) is 0 Å². The van der Waals surface area contributed by atoms with Crippen molar-refractivity contribution in [1.82, 2.24) is 0 Å². The van der Waals surface area contributed by atoms with Gasteiger partial charge in [0.1, 0.15) is 18.0 Å². The fourth-order valence-electron chi connectivity index (χ4n) is 3.47. The molecule has 0 spiro atoms. The molecule has 0 radical (unpaired) electrons. The molecule has 1 fully saturated rings. The molecule has 2 rings (SSSR count). The molecule has 0 aromatic heterocycles. The van der Waals surface area contributed by atoms with E-state index in [-0.39, 0.29) is 5.60 Å². The molecule has 1 aliphatic rings. The van der Waals surface area contributed by atoms with E-state index in [1.54, 1.807) is 0 Å². The molecule has 0 N–H and O–H groups in total. The molecular weight excluding hydrogens is 344 g/mol. The molecule has 1 heterocycles. The minimum atomic E-state index is -0.0482. The molecule has 1 saturated heterocycles. The average molecular weight is 387 g/mol. The maximum absolute atomic E-state index is 5.85. The van der Waals surface area contributed by atoms with E-state index in [9.17, 15) is 0 Å². The number of aryl methyl sites for hydroxylation is 1. The lowest BCUT2D eigenvalue weighted by molar-refractivity contribution is 0.202. The lowest BCUT2D eigenvalue weighted by Gasteiger charge is -2.09. The predicted octanol–water partition coefficient (Wildman–Crippen LogP) is 7.65. The van der Waals surface area contributed by atoms with E-state index in [1.165, 1.54) is 76.2 Å². The van der Waals surface area contributed by atoms with E-state index in [0.717, 1.165) is 25.2 Å². The van der Waals surface area contributed by atoms with Crippen molar-refractivity contribution in [2.75, 3.05) is 13.2 Å². The molecule has 28 heavy (non-hydrogen) atoms. The summed E-state index contributed by atoms with van der Waals surface area (Å²) in [4.78, 5) is 0. The Morgan fingerprint density at radius 1 is 0.929 bits per heavy atom. The summed E-state index contributed by atoms with van der Waals surface area (Å²) >= 11 is 0. The molecule has 1 unspecified atom stereocenters. The van der Waals surface area contributed by atoms with Gasteiger partial charge in [-0.3, -0.25) is 0 Å². The lowest BCUT2D eigenvalue weighted by atomic mass is 10.1. The van der Waals surface area contributed by atoms with Crippen molar-refractivity contribution in [3.63, 3.8) is 0 Å². The maximum atomic E-state index is 5.85. The Kier molecular flexibility index (Phi) is 11.4. The van der Waals surface area contributed by atoms with Crippen LogP contribution in [0, 0.1) is 0 Å². The molecule has 1 aliphatic heterocycles. The van der Waals surface area contributed by atoms with Crippen LogP contribution >= 0.6 is 0 Å². The second-order valence-electron chi connectivity index (χ2n) is 8.66. The molecule has 0 saturated carbocycles. The third kappa shape index (κ3) is 10.9. The highest BCUT2D eigenvalue weighted by Crippen LogP contribution is 2.27. The number of unbranched alkanes of at least 4 members (excludes halogenated alkanes) is 10. The first-order valence-electron chi connectivity index (χ1n) is 11.7. The van der Waals surface area contributed by atoms with E-state index in [2.05, 4.69) is 44.2 Å². The number of allylic oxidation sites excluding steroid dienone is 2. The first-order valence-corrected chi connectivity index (χ1v) is 11.7. The van der Waals surface area contributed by atoms with Crippen LogP contribution < -0.4 is 4.74 Å². The van der Waals surface area contributed by atoms with Gasteiger partial charge in [-0.1, -0.05) is 89.0 Å². The van der Waals surface area contributed by atoms with Gasteiger partial charge in [-0.15, -0.1) is 0 Å². The second kappa shape index (κ2) is 13.8. The van der Waals surface area contributed by atoms with Crippen molar-refractivity contribution in [3.05, 3.63) is 42.0 Å². The second-order valence-corrected chi connectivity index (χ2v) is 8.66. The third-order valence-electron chi connectivity index (χ3n) is 5.57. The molecule has 0 aliphatic carbocycles. The quantitative estimate of drug-likeness (QED) is 0.156. The Hall–Kier alpha value is -1.28. The lowest BCUT2D eigenvalue weighted by Crippen LogP contribution is -2.16. The number of hydrogen-bond donors (Lipinski definition) is 0. The third-order valence-corrected chi connectivity index (χ3v) is 5.57. The van der Waals surface area contributed by atoms with Gasteiger partial charge < -0.3 is 9.47 Å². The summed E-state index contributed by atoms with van der Waals surface area (Å²) in [5.74, 6) is 0.962. The minimum Gasteiger partial charge on any atom is -0.490 e. The van der Waals surface area contributed by atoms with Crippen LogP contribution in [0.5, 0.6) is 5.75 Å². The van der Waals surface area contributed by atoms with Gasteiger partial charge in [0.05, 0.1) is 6.61 Å². The van der Waals surface area contributed by atoms with Crippen LogP contribution in [0.15, 0.2) is 36.4 Å². The summed E-state index contributed by atoms with van der Waals surface area (Å²) in [5.41, 5.74) is 1.30. The number of hydrogen-bond acceptors (Lipinski definition) is 2. The Bertz CT molecular complexity index is 545. The maximum Gasteiger partial charge on any atom is 0.123 e.